The van der Waals surface area contributed by atoms with Gasteiger partial charge in [0.1, 0.15) is 12.1 Å². The topological polar surface area (TPSA) is 92.2 Å². The second-order valence-electron chi connectivity index (χ2n) is 5.89. The van der Waals surface area contributed by atoms with Crippen molar-refractivity contribution in [3.8, 4) is 6.07 Å². The minimum Gasteiger partial charge on any atom is -0.338 e. The van der Waals surface area contributed by atoms with Gasteiger partial charge in [-0.2, -0.15) is 5.26 Å². The molecule has 0 unspecified atom stereocenters. The molecule has 0 radical (unpaired) electrons. The number of amides is 1. The minimum absolute atomic E-state index is 0.0246. The Kier molecular flexibility index (Phi) is 3.52. The number of aromatic nitrogens is 1. The van der Waals surface area contributed by atoms with E-state index >= 15 is 0 Å². The maximum absolute atomic E-state index is 12.5. The summed E-state index contributed by atoms with van der Waals surface area (Å²) in [6, 6.07) is 8.56. The van der Waals surface area contributed by atoms with E-state index in [9.17, 15) is 20.2 Å². The Bertz CT molecular complexity index is 829. The van der Waals surface area contributed by atoms with Gasteiger partial charge in [0.05, 0.1) is 11.0 Å². The van der Waals surface area contributed by atoms with E-state index in [2.05, 4.69) is 6.07 Å². The molecule has 0 atom stereocenters. The van der Waals surface area contributed by atoms with Crippen molar-refractivity contribution in [1.29, 1.82) is 5.26 Å². The molecule has 1 aromatic heterocycles. The number of hydrogen-bond donors (Lipinski definition) is 0. The molecule has 0 aliphatic heterocycles. The molecule has 0 N–H and O–H groups in total. The summed E-state index contributed by atoms with van der Waals surface area (Å²) in [5.41, 5.74) is 0.118. The van der Waals surface area contributed by atoms with Crippen molar-refractivity contribution >= 4 is 22.5 Å². The molecule has 0 spiro atoms. The zero-order valence-electron chi connectivity index (χ0n) is 12.7. The molecule has 1 amide bonds. The number of carbonyl (C=O) groups excluding carboxylic acids is 1. The lowest BCUT2D eigenvalue weighted by atomic mass is 9.76. The van der Waals surface area contributed by atoms with Gasteiger partial charge in [-0.1, -0.05) is 0 Å². The van der Waals surface area contributed by atoms with Crippen LogP contribution in [0, 0.1) is 21.4 Å². The third-order valence-electron chi connectivity index (χ3n) is 4.68. The number of nitro benzene ring substituents is 1. The standard InChI is InChI=1S/C16H16N4O3/c1-18(16(11-17)6-2-7-16)15(21)10-19-8-5-12-9-13(20(22)23)3-4-14(12)19/h3-5,8-9H,2,6-7,10H2,1H3. The largest absolute Gasteiger partial charge is 0.338 e. The third-order valence-corrected chi connectivity index (χ3v) is 4.68. The summed E-state index contributed by atoms with van der Waals surface area (Å²) in [7, 11) is 1.67. The van der Waals surface area contributed by atoms with Gasteiger partial charge in [-0.05, 0) is 31.4 Å². The molecule has 1 heterocycles. The zero-order valence-corrected chi connectivity index (χ0v) is 12.7. The van der Waals surface area contributed by atoms with Gasteiger partial charge in [0.2, 0.25) is 5.91 Å². The van der Waals surface area contributed by atoms with E-state index in [0.717, 1.165) is 11.9 Å². The first-order valence-corrected chi connectivity index (χ1v) is 7.38. The Hall–Kier alpha value is -2.88. The van der Waals surface area contributed by atoms with Gasteiger partial charge in [-0.15, -0.1) is 0 Å². The zero-order chi connectivity index (χ0) is 16.6. The first-order valence-electron chi connectivity index (χ1n) is 7.38. The molecule has 7 nitrogen and oxygen atoms in total. The van der Waals surface area contributed by atoms with Crippen LogP contribution in [0.2, 0.25) is 0 Å². The van der Waals surface area contributed by atoms with Gasteiger partial charge in [0, 0.05) is 36.3 Å². The van der Waals surface area contributed by atoms with E-state index < -0.39 is 10.5 Å². The van der Waals surface area contributed by atoms with Gasteiger partial charge in [0.25, 0.3) is 5.69 Å². The normalized spacial score (nSPS) is 15.7. The monoisotopic (exact) mass is 312 g/mol. The van der Waals surface area contributed by atoms with Gasteiger partial charge >= 0.3 is 0 Å². The van der Waals surface area contributed by atoms with Crippen molar-refractivity contribution in [2.75, 3.05) is 7.05 Å². The molecule has 1 aliphatic carbocycles. The number of hydrogen-bond acceptors (Lipinski definition) is 4. The minimum atomic E-state index is -0.668. The molecule has 118 valence electrons. The number of nitriles is 1. The van der Waals surface area contributed by atoms with Crippen LogP contribution in [0.5, 0.6) is 0 Å². The van der Waals surface area contributed by atoms with E-state index in [1.165, 1.54) is 17.0 Å². The number of rotatable bonds is 4. The molecule has 1 saturated carbocycles. The van der Waals surface area contributed by atoms with Crippen LogP contribution in [-0.4, -0.2) is 32.9 Å². The van der Waals surface area contributed by atoms with Crippen molar-refractivity contribution in [3.05, 3.63) is 40.6 Å². The van der Waals surface area contributed by atoms with E-state index in [0.29, 0.717) is 18.2 Å². The first-order chi connectivity index (χ1) is 11.0. The fourth-order valence-corrected chi connectivity index (χ4v) is 2.96. The fourth-order valence-electron chi connectivity index (χ4n) is 2.96. The molecule has 1 aliphatic rings. The van der Waals surface area contributed by atoms with Crippen LogP contribution in [0.15, 0.2) is 30.5 Å². The average Bonchev–Trinajstić information content (AvgIpc) is 2.88. The summed E-state index contributed by atoms with van der Waals surface area (Å²) in [6.07, 6.45) is 4.12. The molecule has 23 heavy (non-hydrogen) atoms. The van der Waals surface area contributed by atoms with Crippen LogP contribution in [0.1, 0.15) is 19.3 Å². The Balaban J connectivity index is 1.83. The molecule has 0 bridgehead atoms. The Labute approximate surface area is 132 Å². The Morgan fingerprint density at radius 1 is 1.48 bits per heavy atom. The molecule has 7 heteroatoms. The predicted octanol–water partition coefficient (Wildman–Crippen LogP) is 2.45. The molecular formula is C16H16N4O3. The van der Waals surface area contributed by atoms with Gasteiger partial charge in [-0.25, -0.2) is 0 Å². The summed E-state index contributed by atoms with van der Waals surface area (Å²) in [5, 5.41) is 20.8. The van der Waals surface area contributed by atoms with E-state index in [1.807, 2.05) is 0 Å². The SMILES string of the molecule is CN(C(=O)Cn1ccc2cc([N+](=O)[O-])ccc21)C1(C#N)CCC1. The number of nitro groups is 1. The van der Waals surface area contributed by atoms with Crippen LogP contribution in [-0.2, 0) is 11.3 Å². The van der Waals surface area contributed by atoms with Crippen molar-refractivity contribution in [2.45, 2.75) is 31.3 Å². The highest BCUT2D eigenvalue weighted by Crippen LogP contribution is 2.36. The summed E-state index contributed by atoms with van der Waals surface area (Å²) < 4.78 is 1.75. The number of carbonyl (C=O) groups is 1. The van der Waals surface area contributed by atoms with Crippen LogP contribution in [0.4, 0.5) is 5.69 Å². The van der Waals surface area contributed by atoms with Gasteiger partial charge in [-0.3, -0.25) is 14.9 Å². The maximum Gasteiger partial charge on any atom is 0.270 e. The predicted molar refractivity (Wildman–Crippen MR) is 83.6 cm³/mol. The van der Waals surface area contributed by atoms with Gasteiger partial charge < -0.3 is 9.47 Å². The fraction of sp³-hybridized carbons (Fsp3) is 0.375. The van der Waals surface area contributed by atoms with E-state index in [1.54, 1.807) is 29.9 Å². The summed E-state index contributed by atoms with van der Waals surface area (Å²) in [5.74, 6) is -0.137. The lowest BCUT2D eigenvalue weighted by Crippen LogP contribution is -2.54. The second kappa shape index (κ2) is 5.39. The van der Waals surface area contributed by atoms with Crippen molar-refractivity contribution < 1.29 is 9.72 Å². The number of non-ortho nitro benzene ring substituents is 1. The van der Waals surface area contributed by atoms with Crippen molar-refractivity contribution in [3.63, 3.8) is 0 Å². The lowest BCUT2D eigenvalue weighted by molar-refractivity contribution is -0.384. The quantitative estimate of drug-likeness (QED) is 0.640. The molecule has 0 saturated heterocycles. The van der Waals surface area contributed by atoms with Crippen LogP contribution >= 0.6 is 0 Å². The van der Waals surface area contributed by atoms with Gasteiger partial charge in [0.15, 0.2) is 0 Å². The third kappa shape index (κ3) is 2.42. The Morgan fingerprint density at radius 2 is 2.22 bits per heavy atom. The number of fused-ring (bicyclic) bond motifs is 1. The highest BCUT2D eigenvalue weighted by Gasteiger charge is 2.43. The highest BCUT2D eigenvalue weighted by atomic mass is 16.6. The molecule has 2 aromatic rings. The van der Waals surface area contributed by atoms with Crippen LogP contribution < -0.4 is 0 Å². The lowest BCUT2D eigenvalue weighted by Gasteiger charge is -2.43. The Morgan fingerprint density at radius 3 is 2.78 bits per heavy atom. The molecular weight excluding hydrogens is 296 g/mol. The maximum atomic E-state index is 12.5. The molecule has 1 fully saturated rings. The van der Waals surface area contributed by atoms with Crippen molar-refractivity contribution in [1.82, 2.24) is 9.47 Å². The number of likely N-dealkylation sites (N-methyl/N-ethyl adjacent to an activating group) is 1. The molecule has 1 aromatic carbocycles. The number of benzene rings is 1. The van der Waals surface area contributed by atoms with E-state index in [4.69, 9.17) is 0 Å². The summed E-state index contributed by atoms with van der Waals surface area (Å²) in [6.45, 7) is 0.112. The van der Waals surface area contributed by atoms with E-state index in [-0.39, 0.29) is 18.1 Å². The summed E-state index contributed by atoms with van der Waals surface area (Å²) in [4.78, 5) is 24.4. The summed E-state index contributed by atoms with van der Waals surface area (Å²) >= 11 is 0. The number of nitrogens with zero attached hydrogens (tertiary/aromatic N) is 4. The smallest absolute Gasteiger partial charge is 0.270 e. The first kappa shape index (κ1) is 15.0. The highest BCUT2D eigenvalue weighted by molar-refractivity contribution is 5.85. The second-order valence-corrected chi connectivity index (χ2v) is 5.89. The van der Waals surface area contributed by atoms with Crippen molar-refractivity contribution in [2.24, 2.45) is 0 Å². The average molecular weight is 312 g/mol. The van der Waals surface area contributed by atoms with Crippen LogP contribution in [0.25, 0.3) is 10.9 Å². The molecule has 3 rings (SSSR count). The van der Waals surface area contributed by atoms with Crippen LogP contribution in [0.3, 0.4) is 0 Å².